The van der Waals surface area contributed by atoms with Crippen LogP contribution in [0.5, 0.6) is 11.5 Å². The Hall–Kier alpha value is -4.00. The Morgan fingerprint density at radius 1 is 1.00 bits per heavy atom. The van der Waals surface area contributed by atoms with Gasteiger partial charge in [0.25, 0.3) is 0 Å². The van der Waals surface area contributed by atoms with Crippen LogP contribution in [0.15, 0.2) is 63.8 Å². The molecule has 1 fully saturated rings. The molecule has 7 heteroatoms. The van der Waals surface area contributed by atoms with Crippen LogP contribution < -0.4 is 15.1 Å². The average Bonchev–Trinajstić information content (AvgIpc) is 3.32. The molecule has 4 aromatic rings. The highest BCUT2D eigenvalue weighted by atomic mass is 16.5. The van der Waals surface area contributed by atoms with Gasteiger partial charge in [-0.25, -0.2) is 4.98 Å². The summed E-state index contributed by atoms with van der Waals surface area (Å²) >= 11 is 0. The molecule has 2 N–H and O–H groups in total. The number of hydrogen-bond donors (Lipinski definition) is 2. The summed E-state index contributed by atoms with van der Waals surface area (Å²) in [5, 5.41) is 10.5. The number of piperidine rings is 1. The molecule has 0 aliphatic carbocycles. The van der Waals surface area contributed by atoms with E-state index in [1.54, 1.807) is 14.0 Å². The van der Waals surface area contributed by atoms with Crippen LogP contribution in [-0.2, 0) is 0 Å². The van der Waals surface area contributed by atoms with Gasteiger partial charge in [-0.3, -0.25) is 4.79 Å². The third-order valence-electron chi connectivity index (χ3n) is 6.20. The number of aromatic hydroxyl groups is 1. The van der Waals surface area contributed by atoms with E-state index >= 15 is 0 Å². The molecule has 5 rings (SSSR count). The number of nitrogens with zero attached hydrogens (tertiary/aromatic N) is 2. The van der Waals surface area contributed by atoms with Gasteiger partial charge in [-0.05, 0) is 74.7 Å². The van der Waals surface area contributed by atoms with E-state index in [4.69, 9.17) is 14.1 Å². The first-order valence-electron chi connectivity index (χ1n) is 11.5. The van der Waals surface area contributed by atoms with Gasteiger partial charge in [-0.2, -0.15) is 0 Å². The zero-order chi connectivity index (χ0) is 23.7. The minimum Gasteiger partial charge on any atom is -0.501 e. The third kappa shape index (κ3) is 4.17. The molecular formula is C27H27N3O4. The van der Waals surface area contributed by atoms with Gasteiger partial charge < -0.3 is 24.1 Å². The summed E-state index contributed by atoms with van der Waals surface area (Å²) in [5.74, 6) is 1.37. The highest BCUT2D eigenvalue weighted by Gasteiger charge is 2.22. The first-order chi connectivity index (χ1) is 16.5. The molecule has 0 atom stereocenters. The molecule has 0 bridgehead atoms. The van der Waals surface area contributed by atoms with Gasteiger partial charge in [0.2, 0.25) is 11.2 Å². The fraction of sp³-hybridized carbons (Fsp3) is 0.259. The maximum Gasteiger partial charge on any atom is 0.227 e. The number of aromatic nitrogens is 2. The quantitative estimate of drug-likeness (QED) is 0.418. The zero-order valence-corrected chi connectivity index (χ0v) is 19.3. The van der Waals surface area contributed by atoms with Crippen molar-refractivity contribution in [2.75, 3.05) is 25.1 Å². The SMILES string of the molecule is COc1ccc(-c2nc(-c3ccc(N4CCCCC4)cc3)[nH]c2-c2oc(C)cc(=O)c2O)cc1. The van der Waals surface area contributed by atoms with Crippen molar-refractivity contribution in [1.29, 1.82) is 0 Å². The number of aryl methyl sites for hydroxylation is 1. The number of benzene rings is 2. The summed E-state index contributed by atoms with van der Waals surface area (Å²) in [5.41, 5.74) is 3.41. The molecule has 174 valence electrons. The zero-order valence-electron chi connectivity index (χ0n) is 19.3. The summed E-state index contributed by atoms with van der Waals surface area (Å²) in [7, 11) is 1.61. The van der Waals surface area contributed by atoms with Crippen LogP contribution in [0.1, 0.15) is 25.0 Å². The van der Waals surface area contributed by atoms with Crippen LogP contribution in [0.4, 0.5) is 5.69 Å². The maximum atomic E-state index is 12.3. The van der Waals surface area contributed by atoms with Gasteiger partial charge >= 0.3 is 0 Å². The highest BCUT2D eigenvalue weighted by molar-refractivity contribution is 5.81. The predicted molar refractivity (Wildman–Crippen MR) is 132 cm³/mol. The fourth-order valence-corrected chi connectivity index (χ4v) is 4.39. The molecular weight excluding hydrogens is 430 g/mol. The molecule has 0 spiro atoms. The van der Waals surface area contributed by atoms with E-state index in [0.29, 0.717) is 23.0 Å². The molecule has 2 aromatic heterocycles. The van der Waals surface area contributed by atoms with E-state index < -0.39 is 11.2 Å². The van der Waals surface area contributed by atoms with Crippen LogP contribution in [0.2, 0.25) is 0 Å². The molecule has 0 saturated carbocycles. The predicted octanol–water partition coefficient (Wildman–Crippen LogP) is 5.38. The summed E-state index contributed by atoms with van der Waals surface area (Å²) in [6.07, 6.45) is 3.74. The molecule has 1 aliphatic heterocycles. The number of ether oxygens (including phenoxy) is 1. The van der Waals surface area contributed by atoms with Gasteiger partial charge in [0, 0.05) is 36.0 Å². The summed E-state index contributed by atoms with van der Waals surface area (Å²) in [4.78, 5) is 22.8. The van der Waals surface area contributed by atoms with Gasteiger partial charge in [0.05, 0.1) is 7.11 Å². The molecule has 0 unspecified atom stereocenters. The van der Waals surface area contributed by atoms with Crippen molar-refractivity contribution in [3.63, 3.8) is 0 Å². The number of H-pyrrole nitrogens is 1. The minimum absolute atomic E-state index is 0.0690. The van der Waals surface area contributed by atoms with Crippen molar-refractivity contribution < 1.29 is 14.3 Å². The lowest BCUT2D eigenvalue weighted by molar-refractivity contribution is 0.415. The number of imidazole rings is 1. The Balaban J connectivity index is 1.60. The molecule has 1 aliphatic rings. The van der Waals surface area contributed by atoms with E-state index in [-0.39, 0.29) is 5.76 Å². The van der Waals surface area contributed by atoms with E-state index in [0.717, 1.165) is 30.0 Å². The van der Waals surface area contributed by atoms with E-state index in [9.17, 15) is 9.90 Å². The number of aromatic amines is 1. The number of anilines is 1. The minimum atomic E-state index is -0.499. The monoisotopic (exact) mass is 457 g/mol. The second kappa shape index (κ2) is 9.09. The van der Waals surface area contributed by atoms with Crippen LogP contribution >= 0.6 is 0 Å². The lowest BCUT2D eigenvalue weighted by Crippen LogP contribution is -2.29. The summed E-state index contributed by atoms with van der Waals surface area (Å²) < 4.78 is 11.1. The van der Waals surface area contributed by atoms with Crippen LogP contribution in [0, 0.1) is 6.92 Å². The largest absolute Gasteiger partial charge is 0.501 e. The van der Waals surface area contributed by atoms with Crippen LogP contribution in [-0.4, -0.2) is 35.3 Å². The molecule has 7 nitrogen and oxygen atoms in total. The van der Waals surface area contributed by atoms with Crippen molar-refractivity contribution in [3.8, 4) is 45.6 Å². The first kappa shape index (κ1) is 21.8. The van der Waals surface area contributed by atoms with Crippen molar-refractivity contribution in [2.24, 2.45) is 0 Å². The Kier molecular flexibility index (Phi) is 5.84. The van der Waals surface area contributed by atoms with Gasteiger partial charge in [-0.1, -0.05) is 0 Å². The number of rotatable bonds is 5. The molecule has 0 radical (unpaired) electrons. The van der Waals surface area contributed by atoms with Gasteiger partial charge in [0.15, 0.2) is 5.76 Å². The molecule has 2 aromatic carbocycles. The average molecular weight is 458 g/mol. The highest BCUT2D eigenvalue weighted by Crippen LogP contribution is 2.37. The van der Waals surface area contributed by atoms with E-state index in [2.05, 4.69) is 22.0 Å². The Morgan fingerprint density at radius 3 is 2.35 bits per heavy atom. The van der Waals surface area contributed by atoms with E-state index in [1.807, 2.05) is 36.4 Å². The lowest BCUT2D eigenvalue weighted by Gasteiger charge is -2.28. The number of hydrogen-bond acceptors (Lipinski definition) is 6. The normalized spacial score (nSPS) is 13.8. The summed E-state index contributed by atoms with van der Waals surface area (Å²) in [6.45, 7) is 3.84. The first-order valence-corrected chi connectivity index (χ1v) is 11.5. The van der Waals surface area contributed by atoms with Gasteiger partial charge in [0.1, 0.15) is 28.7 Å². The topological polar surface area (TPSA) is 91.6 Å². The second-order valence-corrected chi connectivity index (χ2v) is 8.53. The standard InChI is InChI=1S/C27H27N3O4/c1-17-16-22(31)25(32)26(34-17)24-23(18-8-12-21(33-2)13-9-18)28-27(29-24)19-6-10-20(11-7-19)30-14-4-3-5-15-30/h6-13,16,32H,3-5,14-15H2,1-2H3,(H,28,29). The maximum absolute atomic E-state index is 12.3. The van der Waals surface area contributed by atoms with Crippen molar-refractivity contribution in [3.05, 3.63) is 70.6 Å². The molecule has 1 saturated heterocycles. The van der Waals surface area contributed by atoms with Gasteiger partial charge in [-0.15, -0.1) is 0 Å². The number of methoxy groups -OCH3 is 1. The molecule has 0 amide bonds. The summed E-state index contributed by atoms with van der Waals surface area (Å²) in [6, 6.07) is 17.0. The van der Waals surface area contributed by atoms with Crippen LogP contribution in [0.25, 0.3) is 34.1 Å². The van der Waals surface area contributed by atoms with Crippen molar-refractivity contribution >= 4 is 5.69 Å². The van der Waals surface area contributed by atoms with Crippen molar-refractivity contribution in [2.45, 2.75) is 26.2 Å². The number of nitrogens with one attached hydrogen (secondary N) is 1. The third-order valence-corrected chi connectivity index (χ3v) is 6.20. The Morgan fingerprint density at radius 2 is 1.68 bits per heavy atom. The van der Waals surface area contributed by atoms with E-state index in [1.165, 1.54) is 31.0 Å². The Bertz CT molecular complexity index is 1350. The molecule has 3 heterocycles. The molecule has 34 heavy (non-hydrogen) atoms. The fourth-order valence-electron chi connectivity index (χ4n) is 4.39. The Labute approximate surface area is 197 Å². The van der Waals surface area contributed by atoms with Crippen LogP contribution in [0.3, 0.4) is 0 Å². The smallest absolute Gasteiger partial charge is 0.227 e. The second-order valence-electron chi connectivity index (χ2n) is 8.53. The van der Waals surface area contributed by atoms with Crippen molar-refractivity contribution in [1.82, 2.24) is 9.97 Å². The lowest BCUT2D eigenvalue weighted by atomic mass is 10.1.